The van der Waals surface area contributed by atoms with E-state index in [2.05, 4.69) is 47.0 Å². The highest BCUT2D eigenvalue weighted by atomic mass is 28.4. The summed E-state index contributed by atoms with van der Waals surface area (Å²) in [5.41, 5.74) is 0. The lowest BCUT2D eigenvalue weighted by atomic mass is 10.2. The molecule has 0 aromatic carbocycles. The maximum atomic E-state index is 9.65. The Balaban J connectivity index is 4.68. The molecule has 0 unspecified atom stereocenters. The Labute approximate surface area is 94.8 Å². The number of hydrogen-bond donors (Lipinski definition) is 1. The van der Waals surface area contributed by atoms with E-state index in [4.69, 9.17) is 4.43 Å². The number of rotatable bonds is 5. The molecule has 88 valence electrons. The predicted molar refractivity (Wildman–Crippen MR) is 68.5 cm³/mol. The van der Waals surface area contributed by atoms with E-state index in [0.717, 1.165) is 0 Å². The predicted octanol–water partition coefficient (Wildman–Crippen LogP) is 3.11. The normalized spacial score (nSPS) is 16.9. The summed E-state index contributed by atoms with van der Waals surface area (Å²) in [4.78, 5) is 0. The SMILES string of the molecule is C=C[C@H](O)[C@@H](C=C)O[Si](C)(C)C(C)(C)C. The number of aliphatic hydroxyl groups is 1. The fourth-order valence-corrected chi connectivity index (χ4v) is 2.18. The van der Waals surface area contributed by atoms with E-state index < -0.39 is 14.4 Å². The fourth-order valence-electron chi connectivity index (χ4n) is 0.908. The molecule has 0 aliphatic carbocycles. The molecule has 0 saturated carbocycles. The first kappa shape index (κ1) is 14.6. The summed E-state index contributed by atoms with van der Waals surface area (Å²) < 4.78 is 6.00. The minimum Gasteiger partial charge on any atom is -0.408 e. The maximum absolute atomic E-state index is 9.65. The smallest absolute Gasteiger partial charge is 0.193 e. The van der Waals surface area contributed by atoms with Gasteiger partial charge in [-0.2, -0.15) is 0 Å². The van der Waals surface area contributed by atoms with Gasteiger partial charge in [0.05, 0.1) is 6.10 Å². The van der Waals surface area contributed by atoms with Crippen molar-refractivity contribution < 1.29 is 9.53 Å². The van der Waals surface area contributed by atoms with E-state index >= 15 is 0 Å². The Kier molecular flexibility index (Phi) is 4.97. The van der Waals surface area contributed by atoms with Gasteiger partial charge in [-0.3, -0.25) is 0 Å². The van der Waals surface area contributed by atoms with Crippen LogP contribution in [0.3, 0.4) is 0 Å². The molecule has 1 N–H and O–H groups in total. The molecule has 0 aliphatic heterocycles. The van der Waals surface area contributed by atoms with Gasteiger partial charge >= 0.3 is 0 Å². The fraction of sp³-hybridized carbons (Fsp3) is 0.667. The van der Waals surface area contributed by atoms with Crippen molar-refractivity contribution in [1.29, 1.82) is 0 Å². The van der Waals surface area contributed by atoms with Crippen molar-refractivity contribution in [1.82, 2.24) is 0 Å². The van der Waals surface area contributed by atoms with Crippen LogP contribution in [-0.4, -0.2) is 25.6 Å². The second-order valence-corrected chi connectivity index (χ2v) is 10.1. The molecular formula is C12H24O2Si. The van der Waals surface area contributed by atoms with E-state index in [1.165, 1.54) is 6.08 Å². The van der Waals surface area contributed by atoms with Crippen molar-refractivity contribution >= 4 is 8.32 Å². The molecule has 0 saturated heterocycles. The van der Waals surface area contributed by atoms with Gasteiger partial charge in [0.15, 0.2) is 8.32 Å². The molecule has 2 nitrogen and oxygen atoms in total. The Bertz CT molecular complexity index is 228. The molecule has 0 rings (SSSR count). The lowest BCUT2D eigenvalue weighted by molar-refractivity contribution is 0.0879. The van der Waals surface area contributed by atoms with E-state index in [0.29, 0.717) is 0 Å². The van der Waals surface area contributed by atoms with Crippen LogP contribution in [0.5, 0.6) is 0 Å². The first-order chi connectivity index (χ1) is 6.65. The monoisotopic (exact) mass is 228 g/mol. The summed E-state index contributed by atoms with van der Waals surface area (Å²) in [5, 5.41) is 9.79. The minimum absolute atomic E-state index is 0.134. The molecule has 0 bridgehead atoms. The van der Waals surface area contributed by atoms with E-state index in [1.54, 1.807) is 6.08 Å². The van der Waals surface area contributed by atoms with Gasteiger partial charge in [0.25, 0.3) is 0 Å². The highest BCUT2D eigenvalue weighted by Crippen LogP contribution is 2.37. The van der Waals surface area contributed by atoms with E-state index in [1.807, 2.05) is 0 Å². The van der Waals surface area contributed by atoms with Gasteiger partial charge in [-0.25, -0.2) is 0 Å². The Morgan fingerprint density at radius 1 is 1.20 bits per heavy atom. The lowest BCUT2D eigenvalue weighted by Crippen LogP contribution is -2.46. The standard InChI is InChI=1S/C12H24O2Si/c1-8-10(13)11(9-2)14-15(6,7)12(3,4)5/h8-11,13H,1-2H2,3-7H3/t10-,11+/m0/s1. The quantitative estimate of drug-likeness (QED) is 0.579. The van der Waals surface area contributed by atoms with Crippen LogP contribution < -0.4 is 0 Å². The van der Waals surface area contributed by atoms with Crippen LogP contribution in [0.25, 0.3) is 0 Å². The molecule has 15 heavy (non-hydrogen) atoms. The Morgan fingerprint density at radius 3 is 1.93 bits per heavy atom. The Morgan fingerprint density at radius 2 is 1.67 bits per heavy atom. The van der Waals surface area contributed by atoms with Gasteiger partial charge < -0.3 is 9.53 Å². The summed E-state index contributed by atoms with van der Waals surface area (Å²) in [6, 6.07) is 0. The minimum atomic E-state index is -1.85. The molecule has 2 atom stereocenters. The Hall–Kier alpha value is -0.383. The van der Waals surface area contributed by atoms with Crippen LogP contribution in [0.1, 0.15) is 20.8 Å². The van der Waals surface area contributed by atoms with Crippen molar-refractivity contribution in [2.24, 2.45) is 0 Å². The summed E-state index contributed by atoms with van der Waals surface area (Å²) in [5.74, 6) is 0. The summed E-state index contributed by atoms with van der Waals surface area (Å²) >= 11 is 0. The first-order valence-corrected chi connectivity index (χ1v) is 8.17. The van der Waals surface area contributed by atoms with Crippen molar-refractivity contribution in [3.05, 3.63) is 25.3 Å². The van der Waals surface area contributed by atoms with Gasteiger partial charge in [-0.15, -0.1) is 13.2 Å². The van der Waals surface area contributed by atoms with Crippen LogP contribution in [0.2, 0.25) is 18.1 Å². The van der Waals surface area contributed by atoms with E-state index in [9.17, 15) is 5.11 Å². The van der Waals surface area contributed by atoms with Crippen molar-refractivity contribution in [3.8, 4) is 0 Å². The molecule has 0 fully saturated rings. The second kappa shape index (κ2) is 5.10. The van der Waals surface area contributed by atoms with Crippen LogP contribution in [0.4, 0.5) is 0 Å². The zero-order chi connectivity index (χ0) is 12.3. The van der Waals surface area contributed by atoms with Gasteiger partial charge in [-0.1, -0.05) is 32.9 Å². The molecule has 0 aromatic rings. The maximum Gasteiger partial charge on any atom is 0.193 e. The van der Waals surface area contributed by atoms with Gasteiger partial charge in [-0.05, 0) is 18.1 Å². The van der Waals surface area contributed by atoms with Crippen molar-refractivity contribution in [2.45, 2.75) is 51.1 Å². The molecule has 3 heteroatoms. The molecule has 0 heterocycles. The second-order valence-electron chi connectivity index (χ2n) is 5.30. The summed E-state index contributed by atoms with van der Waals surface area (Å²) in [6.45, 7) is 18.0. The molecular weight excluding hydrogens is 204 g/mol. The average Bonchev–Trinajstić information content (AvgIpc) is 2.11. The summed E-state index contributed by atoms with van der Waals surface area (Å²) in [7, 11) is -1.85. The van der Waals surface area contributed by atoms with Crippen LogP contribution in [-0.2, 0) is 4.43 Å². The lowest BCUT2D eigenvalue weighted by Gasteiger charge is -2.39. The third kappa shape index (κ3) is 3.93. The van der Waals surface area contributed by atoms with Gasteiger partial charge in [0.2, 0.25) is 0 Å². The third-order valence-corrected chi connectivity index (χ3v) is 7.52. The zero-order valence-corrected chi connectivity index (χ0v) is 11.6. The number of aliphatic hydroxyl groups excluding tert-OH is 1. The molecule has 0 radical (unpaired) electrons. The molecule has 0 amide bonds. The van der Waals surface area contributed by atoms with Gasteiger partial charge in [0.1, 0.15) is 6.10 Å². The number of hydrogen-bond acceptors (Lipinski definition) is 2. The molecule has 0 aliphatic rings. The van der Waals surface area contributed by atoms with Crippen LogP contribution in [0.15, 0.2) is 25.3 Å². The molecule has 0 spiro atoms. The van der Waals surface area contributed by atoms with Gasteiger partial charge in [0, 0.05) is 0 Å². The first-order valence-electron chi connectivity index (χ1n) is 5.26. The summed E-state index contributed by atoms with van der Waals surface area (Å²) in [6.07, 6.45) is 2.12. The highest BCUT2D eigenvalue weighted by Gasteiger charge is 2.39. The van der Waals surface area contributed by atoms with Crippen molar-refractivity contribution in [2.75, 3.05) is 0 Å². The van der Waals surface area contributed by atoms with E-state index in [-0.39, 0.29) is 11.1 Å². The topological polar surface area (TPSA) is 29.5 Å². The van der Waals surface area contributed by atoms with Crippen molar-refractivity contribution in [3.63, 3.8) is 0 Å². The van der Waals surface area contributed by atoms with Crippen LogP contribution in [0, 0.1) is 0 Å². The third-order valence-electron chi connectivity index (χ3n) is 3.05. The molecule has 0 aromatic heterocycles. The van der Waals surface area contributed by atoms with Crippen LogP contribution >= 0.6 is 0 Å². The average molecular weight is 228 g/mol. The largest absolute Gasteiger partial charge is 0.408 e. The zero-order valence-electron chi connectivity index (χ0n) is 10.6. The highest BCUT2D eigenvalue weighted by molar-refractivity contribution is 6.74.